The number of hydrogen-bond donors (Lipinski definition) is 2. The molecule has 0 atom stereocenters. The third-order valence-electron chi connectivity index (χ3n) is 3.10. The van der Waals surface area contributed by atoms with Crippen molar-refractivity contribution >= 4 is 25.0 Å². The molecule has 1 aliphatic rings. The Hall–Kier alpha value is -0.545. The monoisotopic (exact) mass is 255 g/mol. The van der Waals surface area contributed by atoms with Crippen LogP contribution in [0.25, 0.3) is 0 Å². The van der Waals surface area contributed by atoms with Crippen LogP contribution in [0.5, 0.6) is 0 Å². The molecule has 1 heterocycles. The van der Waals surface area contributed by atoms with E-state index in [9.17, 15) is 0 Å². The van der Waals surface area contributed by atoms with Crippen LogP contribution in [-0.2, 0) is 6.54 Å². The molecule has 2 N–H and O–H groups in total. The van der Waals surface area contributed by atoms with E-state index in [1.54, 1.807) is 6.07 Å². The van der Waals surface area contributed by atoms with E-state index in [1.807, 2.05) is 18.2 Å². The zero-order chi connectivity index (χ0) is 11.4. The van der Waals surface area contributed by atoms with Crippen LogP contribution in [0, 0.1) is 0 Å². The molecule has 3 nitrogen and oxygen atoms in total. The van der Waals surface area contributed by atoms with E-state index < -0.39 is 7.12 Å². The fourth-order valence-corrected chi connectivity index (χ4v) is 2.23. The maximum atomic E-state index is 9.10. The number of benzene rings is 1. The molecule has 1 aromatic carbocycles. The molecule has 94 valence electrons. The lowest BCUT2D eigenvalue weighted by Crippen LogP contribution is -2.32. The van der Waals surface area contributed by atoms with Gasteiger partial charge in [-0.05, 0) is 37.0 Å². The van der Waals surface area contributed by atoms with Gasteiger partial charge in [-0.1, -0.05) is 30.7 Å². The molecule has 0 radical (unpaired) electrons. The first-order chi connectivity index (χ1) is 7.75. The second kappa shape index (κ2) is 7.02. The maximum Gasteiger partial charge on any atom is 0.488 e. The Morgan fingerprint density at radius 2 is 1.82 bits per heavy atom. The molecule has 0 saturated carbocycles. The van der Waals surface area contributed by atoms with E-state index in [-0.39, 0.29) is 12.4 Å². The molecule has 0 amide bonds. The molecule has 0 aliphatic carbocycles. The summed E-state index contributed by atoms with van der Waals surface area (Å²) in [6.45, 7) is 3.23. The van der Waals surface area contributed by atoms with Crippen molar-refractivity contribution in [2.24, 2.45) is 0 Å². The summed E-state index contributed by atoms with van der Waals surface area (Å²) in [6.07, 6.45) is 3.90. The lowest BCUT2D eigenvalue weighted by Gasteiger charge is -2.26. The van der Waals surface area contributed by atoms with Gasteiger partial charge in [-0.25, -0.2) is 0 Å². The van der Waals surface area contributed by atoms with Crippen LogP contribution in [0.4, 0.5) is 0 Å². The summed E-state index contributed by atoms with van der Waals surface area (Å²) in [6, 6.07) is 7.54. The molecule has 0 bridgehead atoms. The van der Waals surface area contributed by atoms with Crippen molar-refractivity contribution in [1.82, 2.24) is 4.90 Å². The first kappa shape index (κ1) is 14.5. The van der Waals surface area contributed by atoms with Gasteiger partial charge in [0.2, 0.25) is 0 Å². The van der Waals surface area contributed by atoms with Crippen LogP contribution in [0.2, 0.25) is 0 Å². The van der Waals surface area contributed by atoms with Crippen LogP contribution in [-0.4, -0.2) is 35.2 Å². The van der Waals surface area contributed by atoms with Crippen LogP contribution in [0.3, 0.4) is 0 Å². The summed E-state index contributed by atoms with van der Waals surface area (Å²) in [5.74, 6) is 0. The zero-order valence-electron chi connectivity index (χ0n) is 9.88. The van der Waals surface area contributed by atoms with E-state index in [1.165, 1.54) is 19.3 Å². The average Bonchev–Trinajstić information content (AvgIpc) is 2.30. The Bertz CT molecular complexity index is 343. The molecule has 1 aliphatic heterocycles. The Labute approximate surface area is 109 Å². The molecule has 0 spiro atoms. The van der Waals surface area contributed by atoms with E-state index in [0.717, 1.165) is 25.2 Å². The van der Waals surface area contributed by atoms with Gasteiger partial charge in [0.1, 0.15) is 0 Å². The van der Waals surface area contributed by atoms with Crippen molar-refractivity contribution in [3.8, 4) is 0 Å². The minimum atomic E-state index is -1.36. The van der Waals surface area contributed by atoms with Crippen LogP contribution in [0.1, 0.15) is 24.8 Å². The number of hydrogen-bond acceptors (Lipinski definition) is 3. The molecular formula is C12H19BClNO2. The molecule has 5 heteroatoms. The minimum Gasteiger partial charge on any atom is -0.423 e. The molecule has 17 heavy (non-hydrogen) atoms. The number of likely N-dealkylation sites (tertiary alicyclic amines) is 1. The summed E-state index contributed by atoms with van der Waals surface area (Å²) in [5.41, 5.74) is 1.74. The molecule has 0 aromatic heterocycles. The fourth-order valence-electron chi connectivity index (χ4n) is 2.23. The van der Waals surface area contributed by atoms with E-state index in [4.69, 9.17) is 10.0 Å². The zero-order valence-corrected chi connectivity index (χ0v) is 10.7. The standard InChI is InChI=1S/C12H18BNO2.ClH/c15-13(16)12-6-4-5-11(9-12)10-14-7-2-1-3-8-14;/h4-6,9,15-16H,1-3,7-8,10H2;1H. The van der Waals surface area contributed by atoms with Crippen LogP contribution in [0.15, 0.2) is 24.3 Å². The second-order valence-corrected chi connectivity index (χ2v) is 4.46. The fraction of sp³-hybridized carbons (Fsp3) is 0.500. The molecule has 1 fully saturated rings. The molecule has 2 rings (SSSR count). The summed E-state index contributed by atoms with van der Waals surface area (Å²) in [7, 11) is -1.36. The lowest BCUT2D eigenvalue weighted by molar-refractivity contribution is 0.221. The summed E-state index contributed by atoms with van der Waals surface area (Å²) in [4.78, 5) is 2.42. The number of piperidine rings is 1. The second-order valence-electron chi connectivity index (χ2n) is 4.46. The third kappa shape index (κ3) is 4.32. The quantitative estimate of drug-likeness (QED) is 0.785. The third-order valence-corrected chi connectivity index (χ3v) is 3.10. The van der Waals surface area contributed by atoms with Gasteiger partial charge in [0.05, 0.1) is 0 Å². The van der Waals surface area contributed by atoms with Crippen LogP contribution < -0.4 is 5.46 Å². The van der Waals surface area contributed by atoms with Crippen LogP contribution >= 0.6 is 12.4 Å². The van der Waals surface area contributed by atoms with Crippen molar-refractivity contribution in [1.29, 1.82) is 0 Å². The van der Waals surface area contributed by atoms with Gasteiger partial charge in [-0.3, -0.25) is 4.90 Å². The van der Waals surface area contributed by atoms with Crippen molar-refractivity contribution < 1.29 is 10.0 Å². The topological polar surface area (TPSA) is 43.7 Å². The van der Waals surface area contributed by atoms with Crippen molar-refractivity contribution in [2.75, 3.05) is 13.1 Å². The van der Waals surface area contributed by atoms with E-state index in [2.05, 4.69) is 4.90 Å². The van der Waals surface area contributed by atoms with Crippen molar-refractivity contribution in [3.05, 3.63) is 29.8 Å². The molecule has 0 unspecified atom stereocenters. The van der Waals surface area contributed by atoms with Gasteiger partial charge in [-0.2, -0.15) is 0 Å². The van der Waals surface area contributed by atoms with E-state index in [0.29, 0.717) is 5.46 Å². The predicted octanol–water partition coefficient (Wildman–Crippen LogP) is 0.774. The Kier molecular flexibility index (Phi) is 5.99. The highest BCUT2D eigenvalue weighted by molar-refractivity contribution is 6.58. The predicted molar refractivity (Wildman–Crippen MR) is 72.6 cm³/mol. The number of rotatable bonds is 3. The maximum absolute atomic E-state index is 9.10. The number of nitrogens with zero attached hydrogens (tertiary/aromatic N) is 1. The number of halogens is 1. The summed E-state index contributed by atoms with van der Waals surface area (Å²) >= 11 is 0. The average molecular weight is 256 g/mol. The summed E-state index contributed by atoms with van der Waals surface area (Å²) < 4.78 is 0. The van der Waals surface area contributed by atoms with Crippen molar-refractivity contribution in [2.45, 2.75) is 25.8 Å². The van der Waals surface area contributed by atoms with Gasteiger partial charge < -0.3 is 10.0 Å². The minimum absolute atomic E-state index is 0. The lowest BCUT2D eigenvalue weighted by atomic mass is 9.79. The summed E-state index contributed by atoms with van der Waals surface area (Å²) in [5, 5.41) is 18.2. The molecule has 1 aromatic rings. The Balaban J connectivity index is 0.00000144. The highest BCUT2D eigenvalue weighted by Gasteiger charge is 2.13. The first-order valence-electron chi connectivity index (χ1n) is 5.93. The van der Waals surface area contributed by atoms with Crippen molar-refractivity contribution in [3.63, 3.8) is 0 Å². The smallest absolute Gasteiger partial charge is 0.423 e. The van der Waals surface area contributed by atoms with Gasteiger partial charge >= 0.3 is 7.12 Å². The van der Waals surface area contributed by atoms with Gasteiger partial charge in [0, 0.05) is 6.54 Å². The van der Waals surface area contributed by atoms with Gasteiger partial charge in [0.15, 0.2) is 0 Å². The molecule has 1 saturated heterocycles. The largest absolute Gasteiger partial charge is 0.488 e. The Morgan fingerprint density at radius 3 is 2.47 bits per heavy atom. The van der Waals surface area contributed by atoms with Gasteiger partial charge in [0.25, 0.3) is 0 Å². The highest BCUT2D eigenvalue weighted by Crippen LogP contribution is 2.12. The highest BCUT2D eigenvalue weighted by atomic mass is 35.5. The molecular weight excluding hydrogens is 236 g/mol. The Morgan fingerprint density at radius 1 is 1.12 bits per heavy atom. The van der Waals surface area contributed by atoms with Gasteiger partial charge in [-0.15, -0.1) is 12.4 Å². The SMILES string of the molecule is Cl.OB(O)c1cccc(CN2CCCCC2)c1. The first-order valence-corrected chi connectivity index (χ1v) is 5.93. The van der Waals surface area contributed by atoms with E-state index >= 15 is 0 Å². The normalized spacial score (nSPS) is 16.4.